The molecule has 1 aliphatic heterocycles. The van der Waals surface area contributed by atoms with Gasteiger partial charge in [0, 0.05) is 24.8 Å². The van der Waals surface area contributed by atoms with Crippen LogP contribution in [0.5, 0.6) is 0 Å². The van der Waals surface area contributed by atoms with Crippen molar-refractivity contribution in [2.75, 3.05) is 23.3 Å². The fourth-order valence-corrected chi connectivity index (χ4v) is 4.44. The van der Waals surface area contributed by atoms with Crippen LogP contribution >= 0.6 is 23.2 Å². The number of anilines is 2. The second-order valence-electron chi connectivity index (χ2n) is 9.21. The molecular weight excluding hydrogens is 484 g/mol. The number of pyridine rings is 2. The maximum atomic E-state index is 15.1. The fourth-order valence-electron chi connectivity index (χ4n) is 4.08. The number of aromatic nitrogens is 3. The lowest BCUT2D eigenvalue weighted by Crippen LogP contribution is -2.39. The number of fused-ring (bicyclic) bond motifs is 1. The Morgan fingerprint density at radius 2 is 1.91 bits per heavy atom. The number of carbonyl (C=O) groups is 1. The predicted molar refractivity (Wildman–Crippen MR) is 130 cm³/mol. The van der Waals surface area contributed by atoms with Crippen LogP contribution in [-0.4, -0.2) is 38.5 Å². The van der Waals surface area contributed by atoms with Crippen LogP contribution in [0, 0.1) is 11.2 Å². The standard InChI is InChI=1S/C23H24Cl2FN5O3/c1-12(27-15-4-5-16(25)28-18(15)22(33)34)14-10-13(24)11-31-19(14)29-20(17(26)21(31)32)30-8-6-23(2,3)7-9-30/h4-5,10-12,27H,6-9H2,1-3H3,(H,33,34)/t12-/m1/s1. The van der Waals surface area contributed by atoms with E-state index in [0.717, 1.165) is 17.2 Å². The largest absolute Gasteiger partial charge is 0.476 e. The molecule has 1 atom stereocenters. The van der Waals surface area contributed by atoms with Gasteiger partial charge in [-0.3, -0.25) is 9.20 Å². The van der Waals surface area contributed by atoms with Crippen LogP contribution in [0.4, 0.5) is 15.9 Å². The summed E-state index contributed by atoms with van der Waals surface area (Å²) in [5.41, 5.74) is -0.00204. The molecule has 0 spiro atoms. The number of hydrogen-bond acceptors (Lipinski definition) is 6. The Morgan fingerprint density at radius 3 is 2.56 bits per heavy atom. The van der Waals surface area contributed by atoms with Gasteiger partial charge >= 0.3 is 5.97 Å². The van der Waals surface area contributed by atoms with Crippen LogP contribution in [-0.2, 0) is 0 Å². The topological polar surface area (TPSA) is 99.8 Å². The first-order valence-electron chi connectivity index (χ1n) is 10.8. The number of piperidine rings is 1. The molecule has 0 amide bonds. The van der Waals surface area contributed by atoms with Gasteiger partial charge in [-0.15, -0.1) is 0 Å². The lowest BCUT2D eigenvalue weighted by molar-refractivity contribution is 0.0691. The smallest absolute Gasteiger partial charge is 0.356 e. The van der Waals surface area contributed by atoms with Crippen molar-refractivity contribution in [2.24, 2.45) is 5.41 Å². The Morgan fingerprint density at radius 1 is 1.24 bits per heavy atom. The molecule has 11 heteroatoms. The van der Waals surface area contributed by atoms with E-state index in [4.69, 9.17) is 23.2 Å². The van der Waals surface area contributed by atoms with E-state index in [9.17, 15) is 14.7 Å². The van der Waals surface area contributed by atoms with Crippen LogP contribution in [0.15, 0.2) is 29.2 Å². The number of nitrogens with zero attached hydrogens (tertiary/aromatic N) is 4. The molecular formula is C23H24Cl2FN5O3. The van der Waals surface area contributed by atoms with E-state index in [1.54, 1.807) is 17.9 Å². The van der Waals surface area contributed by atoms with E-state index >= 15 is 4.39 Å². The number of aromatic carboxylic acids is 1. The molecule has 0 bridgehead atoms. The highest BCUT2D eigenvalue weighted by Gasteiger charge is 2.29. The molecule has 0 saturated carbocycles. The van der Waals surface area contributed by atoms with Crippen molar-refractivity contribution in [1.29, 1.82) is 0 Å². The van der Waals surface area contributed by atoms with E-state index in [0.29, 0.717) is 18.7 Å². The van der Waals surface area contributed by atoms with Crippen LogP contribution in [0.25, 0.3) is 5.65 Å². The molecule has 180 valence electrons. The van der Waals surface area contributed by atoms with Crippen molar-refractivity contribution in [2.45, 2.75) is 39.7 Å². The number of rotatable bonds is 5. The Balaban J connectivity index is 1.79. The highest BCUT2D eigenvalue weighted by atomic mass is 35.5. The van der Waals surface area contributed by atoms with Crippen LogP contribution in [0.3, 0.4) is 0 Å². The van der Waals surface area contributed by atoms with Crippen molar-refractivity contribution in [3.63, 3.8) is 0 Å². The van der Waals surface area contributed by atoms with E-state index in [2.05, 4.69) is 29.1 Å². The predicted octanol–water partition coefficient (Wildman–Crippen LogP) is 5.03. The number of carboxylic acids is 1. The van der Waals surface area contributed by atoms with Gasteiger partial charge in [0.15, 0.2) is 11.5 Å². The quantitative estimate of drug-likeness (QED) is 0.466. The van der Waals surface area contributed by atoms with Gasteiger partial charge in [-0.05, 0) is 43.4 Å². The molecule has 4 heterocycles. The molecule has 1 fully saturated rings. The maximum Gasteiger partial charge on any atom is 0.356 e. The van der Waals surface area contributed by atoms with Gasteiger partial charge < -0.3 is 15.3 Å². The summed E-state index contributed by atoms with van der Waals surface area (Å²) in [6, 6.07) is 4.03. The van der Waals surface area contributed by atoms with E-state index in [1.165, 1.54) is 18.3 Å². The minimum atomic E-state index is -1.25. The summed E-state index contributed by atoms with van der Waals surface area (Å²) in [5, 5.41) is 12.8. The summed E-state index contributed by atoms with van der Waals surface area (Å²) < 4.78 is 16.2. The average Bonchev–Trinajstić information content (AvgIpc) is 2.77. The SMILES string of the molecule is C[C@@H](Nc1ccc(Cl)nc1C(=O)O)c1cc(Cl)cn2c(=O)c(F)c(N3CCC(C)(C)CC3)nc12. The zero-order valence-electron chi connectivity index (χ0n) is 18.9. The first kappa shape index (κ1) is 24.2. The third-order valence-electron chi connectivity index (χ3n) is 6.17. The highest BCUT2D eigenvalue weighted by molar-refractivity contribution is 6.30. The molecule has 0 unspecified atom stereocenters. The van der Waals surface area contributed by atoms with Gasteiger partial charge in [0.05, 0.1) is 16.8 Å². The van der Waals surface area contributed by atoms with Crippen molar-refractivity contribution in [1.82, 2.24) is 14.4 Å². The zero-order chi connectivity index (χ0) is 24.8. The molecule has 0 aromatic carbocycles. The minimum absolute atomic E-state index is 0.00987. The molecule has 4 rings (SSSR count). The normalized spacial score (nSPS) is 16.5. The molecule has 0 aliphatic carbocycles. The van der Waals surface area contributed by atoms with Crippen LogP contribution in [0.2, 0.25) is 10.2 Å². The third kappa shape index (κ3) is 4.67. The number of halogens is 3. The molecule has 1 saturated heterocycles. The van der Waals surface area contributed by atoms with Gasteiger partial charge in [-0.25, -0.2) is 14.8 Å². The number of carboxylic acid groups (broad SMARTS) is 1. The molecule has 34 heavy (non-hydrogen) atoms. The lowest BCUT2D eigenvalue weighted by Gasteiger charge is -2.37. The molecule has 1 aliphatic rings. The second-order valence-corrected chi connectivity index (χ2v) is 10.0. The summed E-state index contributed by atoms with van der Waals surface area (Å²) in [7, 11) is 0. The monoisotopic (exact) mass is 507 g/mol. The molecule has 8 nitrogen and oxygen atoms in total. The fraction of sp³-hybridized carbons (Fsp3) is 0.391. The van der Waals surface area contributed by atoms with Gasteiger partial charge in [0.2, 0.25) is 5.82 Å². The van der Waals surface area contributed by atoms with Gasteiger partial charge in [-0.1, -0.05) is 37.0 Å². The van der Waals surface area contributed by atoms with Crippen molar-refractivity contribution in [3.8, 4) is 0 Å². The first-order chi connectivity index (χ1) is 16.0. The Bertz CT molecular complexity index is 1330. The lowest BCUT2D eigenvalue weighted by atomic mass is 9.83. The highest BCUT2D eigenvalue weighted by Crippen LogP contribution is 2.33. The maximum absolute atomic E-state index is 15.1. The van der Waals surface area contributed by atoms with Gasteiger partial charge in [0.1, 0.15) is 10.8 Å². The average molecular weight is 508 g/mol. The summed E-state index contributed by atoms with van der Waals surface area (Å²) in [6.07, 6.45) is 3.02. The summed E-state index contributed by atoms with van der Waals surface area (Å²) >= 11 is 12.1. The molecule has 3 aromatic heterocycles. The zero-order valence-corrected chi connectivity index (χ0v) is 20.4. The summed E-state index contributed by atoms with van der Waals surface area (Å²) in [4.78, 5) is 34.7. The third-order valence-corrected chi connectivity index (χ3v) is 6.58. The first-order valence-corrected chi connectivity index (χ1v) is 11.5. The Labute approximate surface area is 205 Å². The molecule has 3 aromatic rings. The van der Waals surface area contributed by atoms with E-state index in [-0.39, 0.29) is 38.4 Å². The van der Waals surface area contributed by atoms with Crippen LogP contribution < -0.4 is 15.8 Å². The van der Waals surface area contributed by atoms with Crippen molar-refractivity contribution in [3.05, 3.63) is 62.0 Å². The van der Waals surface area contributed by atoms with Gasteiger partial charge in [0.25, 0.3) is 5.56 Å². The minimum Gasteiger partial charge on any atom is -0.476 e. The van der Waals surface area contributed by atoms with Crippen molar-refractivity contribution >= 4 is 46.3 Å². The van der Waals surface area contributed by atoms with E-state index < -0.39 is 23.4 Å². The summed E-state index contributed by atoms with van der Waals surface area (Å²) in [5.74, 6) is -2.17. The molecule has 2 N–H and O–H groups in total. The Hall–Kier alpha value is -2.91. The summed E-state index contributed by atoms with van der Waals surface area (Å²) in [6.45, 7) is 7.25. The number of nitrogens with one attached hydrogen (secondary N) is 1. The van der Waals surface area contributed by atoms with Crippen molar-refractivity contribution < 1.29 is 14.3 Å². The number of hydrogen-bond donors (Lipinski definition) is 2. The van der Waals surface area contributed by atoms with E-state index in [1.807, 2.05) is 0 Å². The molecule has 0 radical (unpaired) electrons. The van der Waals surface area contributed by atoms with Crippen LogP contribution in [0.1, 0.15) is 55.7 Å². The Kier molecular flexibility index (Phi) is 6.44. The van der Waals surface area contributed by atoms with Gasteiger partial charge in [-0.2, -0.15) is 4.39 Å². The second kappa shape index (κ2) is 9.03.